The van der Waals surface area contributed by atoms with Crippen LogP contribution in [-0.4, -0.2) is 34.8 Å². The van der Waals surface area contributed by atoms with Crippen molar-refractivity contribution in [3.05, 3.63) is 53.7 Å². The number of hydrogen-bond donors (Lipinski definition) is 1. The van der Waals surface area contributed by atoms with Crippen LogP contribution >= 0.6 is 0 Å². The first-order valence-electron chi connectivity index (χ1n) is 9.66. The number of nitrogens with zero attached hydrogens (tertiary/aromatic N) is 2. The summed E-state index contributed by atoms with van der Waals surface area (Å²) in [6, 6.07) is 9.81. The summed E-state index contributed by atoms with van der Waals surface area (Å²) in [6.45, 7) is 7.50. The van der Waals surface area contributed by atoms with Crippen LogP contribution in [0.5, 0.6) is 0 Å². The molecule has 1 aromatic heterocycles. The van der Waals surface area contributed by atoms with E-state index in [0.29, 0.717) is 19.0 Å². The van der Waals surface area contributed by atoms with Gasteiger partial charge in [0.2, 0.25) is 11.8 Å². The second kappa shape index (κ2) is 10.5. The van der Waals surface area contributed by atoms with Crippen LogP contribution in [0.2, 0.25) is 0 Å². The average molecular weight is 371 g/mol. The highest BCUT2D eigenvalue weighted by Crippen LogP contribution is 2.23. The zero-order chi connectivity index (χ0) is 19.6. The minimum atomic E-state index is -0.254. The number of rotatable bonds is 10. The zero-order valence-corrected chi connectivity index (χ0v) is 16.4. The van der Waals surface area contributed by atoms with Crippen molar-refractivity contribution in [3.63, 3.8) is 0 Å². The summed E-state index contributed by atoms with van der Waals surface area (Å²) in [7, 11) is 0. The van der Waals surface area contributed by atoms with Gasteiger partial charge in [0.25, 0.3) is 5.91 Å². The Morgan fingerprint density at radius 2 is 1.89 bits per heavy atom. The van der Waals surface area contributed by atoms with Crippen molar-refractivity contribution in [2.45, 2.75) is 52.5 Å². The van der Waals surface area contributed by atoms with E-state index in [9.17, 15) is 9.59 Å². The first-order valence-corrected chi connectivity index (χ1v) is 9.66. The van der Waals surface area contributed by atoms with E-state index in [4.69, 9.17) is 4.42 Å². The molecule has 0 spiro atoms. The summed E-state index contributed by atoms with van der Waals surface area (Å²) in [6.07, 6.45) is 3.76. The standard InChI is InChI=1S/C21H29N3O3/c1-4-12-22-20(25)18-15-27-19(23-18)14-24(13-5-2)21(26)17(6-3)16-10-8-7-9-11-16/h7-11,15,17H,4-6,12-14H2,1-3H3,(H,22,25). The molecule has 27 heavy (non-hydrogen) atoms. The summed E-state index contributed by atoms with van der Waals surface area (Å²) in [5, 5.41) is 2.77. The minimum absolute atomic E-state index is 0.0562. The highest BCUT2D eigenvalue weighted by atomic mass is 16.3. The van der Waals surface area contributed by atoms with Crippen LogP contribution < -0.4 is 5.32 Å². The molecule has 1 unspecified atom stereocenters. The number of benzene rings is 1. The van der Waals surface area contributed by atoms with Crippen molar-refractivity contribution in [2.24, 2.45) is 0 Å². The fourth-order valence-electron chi connectivity index (χ4n) is 2.98. The Kier molecular flexibility index (Phi) is 8.04. The first kappa shape index (κ1) is 20.7. The molecule has 146 valence electrons. The number of oxazole rings is 1. The SMILES string of the molecule is CCCNC(=O)c1coc(CN(CCC)C(=O)C(CC)c2ccccc2)n1. The van der Waals surface area contributed by atoms with E-state index >= 15 is 0 Å². The summed E-state index contributed by atoms with van der Waals surface area (Å²) in [5.74, 6) is -0.0157. The Morgan fingerprint density at radius 3 is 2.52 bits per heavy atom. The molecule has 0 fully saturated rings. The average Bonchev–Trinajstić information content (AvgIpc) is 3.16. The predicted octanol–water partition coefficient (Wildman–Crippen LogP) is 3.75. The molecule has 1 atom stereocenters. The molecule has 0 aliphatic rings. The fourth-order valence-corrected chi connectivity index (χ4v) is 2.98. The number of amides is 2. The van der Waals surface area contributed by atoms with E-state index in [1.807, 2.05) is 51.1 Å². The number of hydrogen-bond acceptors (Lipinski definition) is 4. The topological polar surface area (TPSA) is 75.4 Å². The molecule has 0 bridgehead atoms. The first-order chi connectivity index (χ1) is 13.1. The Morgan fingerprint density at radius 1 is 1.15 bits per heavy atom. The second-order valence-corrected chi connectivity index (χ2v) is 6.51. The van der Waals surface area contributed by atoms with E-state index in [2.05, 4.69) is 10.3 Å². The maximum absolute atomic E-state index is 13.1. The molecule has 1 N–H and O–H groups in total. The zero-order valence-electron chi connectivity index (χ0n) is 16.4. The van der Waals surface area contributed by atoms with E-state index in [0.717, 1.165) is 24.8 Å². The van der Waals surface area contributed by atoms with Crippen molar-refractivity contribution in [2.75, 3.05) is 13.1 Å². The predicted molar refractivity (Wildman–Crippen MR) is 104 cm³/mol. The fraction of sp³-hybridized carbons (Fsp3) is 0.476. The van der Waals surface area contributed by atoms with Crippen molar-refractivity contribution in [3.8, 4) is 0 Å². The molecule has 6 nitrogen and oxygen atoms in total. The largest absolute Gasteiger partial charge is 0.446 e. The van der Waals surface area contributed by atoms with Crippen LogP contribution in [0.4, 0.5) is 0 Å². The molecule has 0 radical (unpaired) electrons. The van der Waals surface area contributed by atoms with Crippen LogP contribution in [-0.2, 0) is 11.3 Å². The Hall–Kier alpha value is -2.63. The van der Waals surface area contributed by atoms with E-state index in [-0.39, 0.29) is 30.0 Å². The van der Waals surface area contributed by atoms with Gasteiger partial charge in [-0.2, -0.15) is 0 Å². The highest BCUT2D eigenvalue weighted by Gasteiger charge is 2.25. The van der Waals surface area contributed by atoms with Crippen molar-refractivity contribution in [1.82, 2.24) is 15.2 Å². The van der Waals surface area contributed by atoms with Crippen molar-refractivity contribution in [1.29, 1.82) is 0 Å². The van der Waals surface area contributed by atoms with Crippen LogP contribution in [0.1, 0.15) is 67.9 Å². The lowest BCUT2D eigenvalue weighted by molar-refractivity contribution is -0.133. The van der Waals surface area contributed by atoms with Gasteiger partial charge in [-0.15, -0.1) is 0 Å². The molecular formula is C21H29N3O3. The molecule has 2 rings (SSSR count). The van der Waals surface area contributed by atoms with Gasteiger partial charge in [0.05, 0.1) is 12.5 Å². The minimum Gasteiger partial charge on any atom is -0.446 e. The molecule has 0 saturated heterocycles. The lowest BCUT2D eigenvalue weighted by Gasteiger charge is -2.25. The molecular weight excluding hydrogens is 342 g/mol. The van der Waals surface area contributed by atoms with Gasteiger partial charge >= 0.3 is 0 Å². The second-order valence-electron chi connectivity index (χ2n) is 6.51. The third kappa shape index (κ3) is 5.67. The van der Waals surface area contributed by atoms with Gasteiger partial charge in [-0.25, -0.2) is 4.98 Å². The molecule has 0 saturated carbocycles. The molecule has 2 amide bonds. The summed E-state index contributed by atoms with van der Waals surface area (Å²) >= 11 is 0. The van der Waals surface area contributed by atoms with Crippen molar-refractivity contribution >= 4 is 11.8 Å². The normalized spacial score (nSPS) is 11.8. The Balaban J connectivity index is 2.11. The van der Waals surface area contributed by atoms with Gasteiger partial charge < -0.3 is 14.6 Å². The van der Waals surface area contributed by atoms with Crippen LogP contribution in [0, 0.1) is 0 Å². The number of carbonyl (C=O) groups is 2. The third-order valence-corrected chi connectivity index (χ3v) is 4.36. The van der Waals surface area contributed by atoms with Gasteiger partial charge in [-0.1, -0.05) is 51.1 Å². The molecule has 2 aromatic rings. The monoisotopic (exact) mass is 371 g/mol. The number of nitrogens with one attached hydrogen (secondary N) is 1. The van der Waals surface area contributed by atoms with Gasteiger partial charge in [-0.05, 0) is 24.8 Å². The molecule has 1 heterocycles. The lowest BCUT2D eigenvalue weighted by atomic mass is 9.95. The third-order valence-electron chi connectivity index (χ3n) is 4.36. The van der Waals surface area contributed by atoms with Crippen LogP contribution in [0.3, 0.4) is 0 Å². The van der Waals surface area contributed by atoms with Gasteiger partial charge in [0.1, 0.15) is 6.26 Å². The smallest absolute Gasteiger partial charge is 0.273 e. The lowest BCUT2D eigenvalue weighted by Crippen LogP contribution is -2.35. The molecule has 0 aliphatic carbocycles. The maximum atomic E-state index is 13.1. The number of carbonyl (C=O) groups excluding carboxylic acids is 2. The summed E-state index contributed by atoms with van der Waals surface area (Å²) in [4.78, 5) is 31.1. The summed E-state index contributed by atoms with van der Waals surface area (Å²) in [5.41, 5.74) is 1.26. The molecule has 1 aromatic carbocycles. The quantitative estimate of drug-likeness (QED) is 0.690. The Labute approximate surface area is 161 Å². The molecule has 6 heteroatoms. The Bertz CT molecular complexity index is 727. The molecule has 0 aliphatic heterocycles. The van der Waals surface area contributed by atoms with Gasteiger partial charge in [-0.3, -0.25) is 9.59 Å². The maximum Gasteiger partial charge on any atom is 0.273 e. The van der Waals surface area contributed by atoms with E-state index in [1.165, 1.54) is 6.26 Å². The van der Waals surface area contributed by atoms with Gasteiger partial charge in [0, 0.05) is 13.1 Å². The van der Waals surface area contributed by atoms with Crippen LogP contribution in [0.25, 0.3) is 0 Å². The summed E-state index contributed by atoms with van der Waals surface area (Å²) < 4.78 is 5.45. The van der Waals surface area contributed by atoms with E-state index < -0.39 is 0 Å². The van der Waals surface area contributed by atoms with Crippen LogP contribution in [0.15, 0.2) is 41.0 Å². The van der Waals surface area contributed by atoms with Crippen molar-refractivity contribution < 1.29 is 14.0 Å². The number of aromatic nitrogens is 1. The highest BCUT2D eigenvalue weighted by molar-refractivity contribution is 5.91. The van der Waals surface area contributed by atoms with E-state index in [1.54, 1.807) is 4.90 Å². The van der Waals surface area contributed by atoms with Gasteiger partial charge in [0.15, 0.2) is 5.69 Å².